The van der Waals surface area contributed by atoms with E-state index in [1.807, 2.05) is 36.2 Å². The van der Waals surface area contributed by atoms with Gasteiger partial charge in [-0.15, -0.1) is 0 Å². The van der Waals surface area contributed by atoms with Crippen LogP contribution >= 0.6 is 0 Å². The van der Waals surface area contributed by atoms with Crippen LogP contribution in [0.2, 0.25) is 0 Å². The van der Waals surface area contributed by atoms with Gasteiger partial charge < -0.3 is 10.6 Å². The predicted molar refractivity (Wildman–Crippen MR) is 80.6 cm³/mol. The summed E-state index contributed by atoms with van der Waals surface area (Å²) in [6, 6.07) is 14.1. The Morgan fingerprint density at radius 3 is 2.50 bits per heavy atom. The number of nitrogen functional groups attached to an aromatic ring is 1. The van der Waals surface area contributed by atoms with Crippen LogP contribution in [0, 0.1) is 5.82 Å². The highest BCUT2D eigenvalue weighted by Crippen LogP contribution is 2.34. The van der Waals surface area contributed by atoms with Crippen molar-refractivity contribution in [2.45, 2.75) is 0 Å². The van der Waals surface area contributed by atoms with Crippen molar-refractivity contribution in [1.82, 2.24) is 4.98 Å². The van der Waals surface area contributed by atoms with Gasteiger partial charge in [-0.3, -0.25) is 4.98 Å². The molecule has 0 amide bonds. The molecule has 0 saturated carbocycles. The van der Waals surface area contributed by atoms with Crippen LogP contribution in [0.15, 0.2) is 54.7 Å². The van der Waals surface area contributed by atoms with Crippen LogP contribution in [0.1, 0.15) is 0 Å². The molecule has 3 nitrogen and oxygen atoms in total. The van der Waals surface area contributed by atoms with Gasteiger partial charge in [-0.05, 0) is 30.3 Å². The summed E-state index contributed by atoms with van der Waals surface area (Å²) in [5, 5.41) is 0.972. The Labute approximate surface area is 116 Å². The van der Waals surface area contributed by atoms with Gasteiger partial charge >= 0.3 is 0 Å². The molecule has 0 atom stereocenters. The minimum Gasteiger partial charge on any atom is -0.396 e. The number of pyridine rings is 1. The Hall–Kier alpha value is -2.62. The molecule has 0 bridgehead atoms. The van der Waals surface area contributed by atoms with E-state index in [9.17, 15) is 4.39 Å². The molecule has 0 unspecified atom stereocenters. The number of nitrogens with two attached hydrogens (primary N) is 1. The molecule has 1 aromatic heterocycles. The smallest absolute Gasteiger partial charge is 0.123 e. The first-order valence-electron chi connectivity index (χ1n) is 6.29. The number of hydrogen-bond acceptors (Lipinski definition) is 3. The first-order chi connectivity index (χ1) is 9.66. The lowest BCUT2D eigenvalue weighted by atomic mass is 10.1. The van der Waals surface area contributed by atoms with E-state index in [4.69, 9.17) is 5.73 Å². The number of fused-ring (bicyclic) bond motifs is 1. The SMILES string of the molecule is CN(c1ccc(F)cc1)c1c(N)cnc2ccccc12. The summed E-state index contributed by atoms with van der Waals surface area (Å²) in [7, 11) is 1.91. The topological polar surface area (TPSA) is 42.1 Å². The highest BCUT2D eigenvalue weighted by Gasteiger charge is 2.12. The number of hydrogen-bond donors (Lipinski definition) is 1. The summed E-state index contributed by atoms with van der Waals surface area (Å²) in [5.74, 6) is -0.255. The third-order valence-corrected chi connectivity index (χ3v) is 3.32. The number of anilines is 3. The fourth-order valence-electron chi connectivity index (χ4n) is 2.31. The van der Waals surface area contributed by atoms with E-state index in [0.717, 1.165) is 22.3 Å². The van der Waals surface area contributed by atoms with Gasteiger partial charge in [0.1, 0.15) is 5.82 Å². The predicted octanol–water partition coefficient (Wildman–Crippen LogP) is 3.72. The molecule has 2 aromatic carbocycles. The average molecular weight is 267 g/mol. The summed E-state index contributed by atoms with van der Waals surface area (Å²) < 4.78 is 13.0. The average Bonchev–Trinajstić information content (AvgIpc) is 2.47. The van der Waals surface area contributed by atoms with Crippen molar-refractivity contribution in [1.29, 1.82) is 0 Å². The summed E-state index contributed by atoms with van der Waals surface area (Å²) >= 11 is 0. The molecule has 0 aliphatic carbocycles. The number of aromatic nitrogens is 1. The summed E-state index contributed by atoms with van der Waals surface area (Å²) in [6.07, 6.45) is 1.65. The standard InChI is InChI=1S/C16H14FN3/c1-20(12-8-6-11(17)7-9-12)16-13-4-2-3-5-15(13)19-10-14(16)18/h2-10H,18H2,1H3. The lowest BCUT2D eigenvalue weighted by Gasteiger charge is -2.22. The molecule has 3 aromatic rings. The molecular formula is C16H14FN3. The number of rotatable bonds is 2. The first kappa shape index (κ1) is 12.4. The Kier molecular flexibility index (Phi) is 2.99. The minimum absolute atomic E-state index is 0.255. The molecule has 0 aliphatic heterocycles. The van der Waals surface area contributed by atoms with E-state index in [1.54, 1.807) is 18.3 Å². The maximum absolute atomic E-state index is 13.0. The molecule has 4 heteroatoms. The van der Waals surface area contributed by atoms with Crippen LogP contribution in [0.4, 0.5) is 21.5 Å². The quantitative estimate of drug-likeness (QED) is 0.769. The lowest BCUT2D eigenvalue weighted by Crippen LogP contribution is -2.12. The van der Waals surface area contributed by atoms with E-state index in [2.05, 4.69) is 4.98 Å². The second kappa shape index (κ2) is 4.81. The summed E-state index contributed by atoms with van der Waals surface area (Å²) in [6.45, 7) is 0. The largest absolute Gasteiger partial charge is 0.396 e. The molecule has 100 valence electrons. The van der Waals surface area contributed by atoms with Crippen LogP contribution in [0.5, 0.6) is 0 Å². The fraction of sp³-hybridized carbons (Fsp3) is 0.0625. The Morgan fingerprint density at radius 2 is 1.75 bits per heavy atom. The van der Waals surface area contributed by atoms with Crippen molar-refractivity contribution >= 4 is 28.0 Å². The first-order valence-corrected chi connectivity index (χ1v) is 6.29. The monoisotopic (exact) mass is 267 g/mol. The Balaban J connectivity index is 2.18. The van der Waals surface area contributed by atoms with Crippen molar-refractivity contribution in [2.75, 3.05) is 17.7 Å². The number of benzene rings is 2. The van der Waals surface area contributed by atoms with Crippen molar-refractivity contribution < 1.29 is 4.39 Å². The maximum Gasteiger partial charge on any atom is 0.123 e. The summed E-state index contributed by atoms with van der Waals surface area (Å²) in [5.41, 5.74) is 9.30. The molecule has 0 saturated heterocycles. The molecule has 0 spiro atoms. The zero-order valence-electron chi connectivity index (χ0n) is 11.0. The summed E-state index contributed by atoms with van der Waals surface area (Å²) in [4.78, 5) is 6.26. The van der Waals surface area contributed by atoms with Gasteiger partial charge in [0.25, 0.3) is 0 Å². The van der Waals surface area contributed by atoms with Gasteiger partial charge in [-0.25, -0.2) is 4.39 Å². The third-order valence-electron chi connectivity index (χ3n) is 3.32. The van der Waals surface area contributed by atoms with Crippen molar-refractivity contribution in [3.63, 3.8) is 0 Å². The molecule has 20 heavy (non-hydrogen) atoms. The van der Waals surface area contributed by atoms with Crippen LogP contribution in [0.25, 0.3) is 10.9 Å². The molecular weight excluding hydrogens is 253 g/mol. The second-order valence-corrected chi connectivity index (χ2v) is 4.61. The van der Waals surface area contributed by atoms with E-state index in [0.29, 0.717) is 5.69 Å². The van der Waals surface area contributed by atoms with Crippen molar-refractivity contribution in [3.8, 4) is 0 Å². The molecule has 0 aliphatic rings. The van der Waals surface area contributed by atoms with E-state index in [1.165, 1.54) is 12.1 Å². The second-order valence-electron chi connectivity index (χ2n) is 4.61. The number of halogens is 1. The van der Waals surface area contributed by atoms with Crippen LogP contribution in [-0.4, -0.2) is 12.0 Å². The van der Waals surface area contributed by atoms with Crippen molar-refractivity contribution in [3.05, 3.63) is 60.5 Å². The number of nitrogens with zero attached hydrogens (tertiary/aromatic N) is 2. The molecule has 3 rings (SSSR count). The Bertz CT molecular complexity index is 753. The zero-order valence-corrected chi connectivity index (χ0v) is 11.0. The van der Waals surface area contributed by atoms with Gasteiger partial charge in [-0.1, -0.05) is 18.2 Å². The molecule has 0 fully saturated rings. The minimum atomic E-state index is -0.255. The van der Waals surface area contributed by atoms with Crippen LogP contribution < -0.4 is 10.6 Å². The van der Waals surface area contributed by atoms with Gasteiger partial charge in [0, 0.05) is 18.1 Å². The Morgan fingerprint density at radius 1 is 1.05 bits per heavy atom. The van der Waals surface area contributed by atoms with Gasteiger partial charge in [0.15, 0.2) is 0 Å². The lowest BCUT2D eigenvalue weighted by molar-refractivity contribution is 0.628. The molecule has 0 radical (unpaired) electrons. The maximum atomic E-state index is 13.0. The van der Waals surface area contributed by atoms with Gasteiger partial charge in [-0.2, -0.15) is 0 Å². The highest BCUT2D eigenvalue weighted by atomic mass is 19.1. The van der Waals surface area contributed by atoms with E-state index < -0.39 is 0 Å². The van der Waals surface area contributed by atoms with E-state index >= 15 is 0 Å². The fourth-order valence-corrected chi connectivity index (χ4v) is 2.31. The van der Waals surface area contributed by atoms with Gasteiger partial charge in [0.2, 0.25) is 0 Å². The van der Waals surface area contributed by atoms with Gasteiger partial charge in [0.05, 0.1) is 23.1 Å². The van der Waals surface area contributed by atoms with Crippen LogP contribution in [-0.2, 0) is 0 Å². The normalized spacial score (nSPS) is 10.7. The van der Waals surface area contributed by atoms with E-state index in [-0.39, 0.29) is 5.82 Å². The van der Waals surface area contributed by atoms with Crippen LogP contribution in [0.3, 0.4) is 0 Å². The zero-order chi connectivity index (χ0) is 14.1. The third kappa shape index (κ3) is 2.05. The molecule has 2 N–H and O–H groups in total. The highest BCUT2D eigenvalue weighted by molar-refractivity contribution is 5.99. The number of para-hydroxylation sites is 1. The van der Waals surface area contributed by atoms with Crippen molar-refractivity contribution in [2.24, 2.45) is 0 Å². The molecule has 1 heterocycles.